The Balaban J connectivity index is 4.13. The van der Waals surface area contributed by atoms with Crippen molar-refractivity contribution in [2.24, 2.45) is 5.92 Å². The molecule has 0 saturated heterocycles. The van der Waals surface area contributed by atoms with Crippen LogP contribution in [0.2, 0.25) is 0 Å². The van der Waals surface area contributed by atoms with Crippen molar-refractivity contribution in [1.29, 1.82) is 0 Å². The van der Waals surface area contributed by atoms with E-state index in [9.17, 15) is 9.59 Å². The van der Waals surface area contributed by atoms with Crippen LogP contribution in [0.3, 0.4) is 0 Å². The third-order valence-corrected chi connectivity index (χ3v) is 2.26. The zero-order valence-corrected chi connectivity index (χ0v) is 11.5. The summed E-state index contributed by atoms with van der Waals surface area (Å²) in [6, 6.07) is -1.49. The molecule has 2 amide bonds. The van der Waals surface area contributed by atoms with Crippen molar-refractivity contribution in [1.82, 2.24) is 10.6 Å². The maximum atomic E-state index is 11.6. The third kappa shape index (κ3) is 7.89. The first-order valence-electron chi connectivity index (χ1n) is 6.24. The Morgan fingerprint density at radius 1 is 1.22 bits per heavy atom. The molecule has 0 aliphatic rings. The molecule has 106 valence electrons. The highest BCUT2D eigenvalue weighted by atomic mass is 16.5. The van der Waals surface area contributed by atoms with Crippen molar-refractivity contribution in [2.75, 3.05) is 13.2 Å². The molecule has 0 fully saturated rings. The smallest absolute Gasteiger partial charge is 0.326 e. The summed E-state index contributed by atoms with van der Waals surface area (Å²) in [6.45, 7) is 8.48. The highest BCUT2D eigenvalue weighted by Gasteiger charge is 2.21. The van der Waals surface area contributed by atoms with Gasteiger partial charge in [0.2, 0.25) is 0 Å². The molecule has 3 N–H and O–H groups in total. The molecule has 6 nitrogen and oxygen atoms in total. The van der Waals surface area contributed by atoms with Gasteiger partial charge >= 0.3 is 12.0 Å². The molecule has 0 aromatic rings. The Hall–Kier alpha value is -1.30. The van der Waals surface area contributed by atoms with Crippen molar-refractivity contribution in [3.05, 3.63) is 0 Å². The SMILES string of the molecule is CCOCC(C)NC(=O)NC(CC(C)C)C(=O)O. The summed E-state index contributed by atoms with van der Waals surface area (Å²) >= 11 is 0. The second-order valence-electron chi connectivity index (χ2n) is 4.70. The van der Waals surface area contributed by atoms with E-state index in [2.05, 4.69) is 10.6 Å². The third-order valence-electron chi connectivity index (χ3n) is 2.26. The first-order valence-corrected chi connectivity index (χ1v) is 6.24. The standard InChI is InChI=1S/C12H24N2O4/c1-5-18-7-9(4)13-12(17)14-10(11(15)16)6-8(2)3/h8-10H,5-7H2,1-4H3,(H,15,16)(H2,13,14,17). The van der Waals surface area contributed by atoms with E-state index in [1.54, 1.807) is 6.92 Å². The molecular weight excluding hydrogens is 236 g/mol. The van der Waals surface area contributed by atoms with Gasteiger partial charge in [0.1, 0.15) is 6.04 Å². The molecule has 0 heterocycles. The van der Waals surface area contributed by atoms with E-state index in [0.717, 1.165) is 0 Å². The van der Waals surface area contributed by atoms with Crippen LogP contribution < -0.4 is 10.6 Å². The van der Waals surface area contributed by atoms with Crippen LogP contribution in [0.1, 0.15) is 34.1 Å². The zero-order valence-electron chi connectivity index (χ0n) is 11.5. The number of carbonyl (C=O) groups excluding carboxylic acids is 1. The molecule has 0 aliphatic heterocycles. The normalized spacial score (nSPS) is 14.1. The molecule has 0 aromatic carbocycles. The average Bonchev–Trinajstić information content (AvgIpc) is 2.24. The summed E-state index contributed by atoms with van der Waals surface area (Å²) in [6.07, 6.45) is 0.405. The number of carbonyl (C=O) groups is 2. The summed E-state index contributed by atoms with van der Waals surface area (Å²) in [7, 11) is 0. The Labute approximate surface area is 108 Å². The molecule has 2 atom stereocenters. The molecule has 0 radical (unpaired) electrons. The van der Waals surface area contributed by atoms with Gasteiger partial charge in [-0.2, -0.15) is 0 Å². The Morgan fingerprint density at radius 3 is 2.28 bits per heavy atom. The maximum absolute atomic E-state index is 11.6. The van der Waals surface area contributed by atoms with Crippen LogP contribution in [0, 0.1) is 5.92 Å². The summed E-state index contributed by atoms with van der Waals surface area (Å²) in [5.41, 5.74) is 0. The van der Waals surface area contributed by atoms with Crippen LogP contribution >= 0.6 is 0 Å². The molecule has 0 aromatic heterocycles. The molecule has 18 heavy (non-hydrogen) atoms. The fourth-order valence-corrected chi connectivity index (χ4v) is 1.45. The topological polar surface area (TPSA) is 87.7 Å². The van der Waals surface area contributed by atoms with Gasteiger partial charge in [-0.1, -0.05) is 13.8 Å². The summed E-state index contributed by atoms with van der Waals surface area (Å²) in [4.78, 5) is 22.5. The highest BCUT2D eigenvalue weighted by Crippen LogP contribution is 2.04. The predicted molar refractivity (Wildman–Crippen MR) is 68.5 cm³/mol. The van der Waals surface area contributed by atoms with Gasteiger partial charge in [0.15, 0.2) is 0 Å². The van der Waals surface area contributed by atoms with E-state index in [-0.39, 0.29) is 12.0 Å². The van der Waals surface area contributed by atoms with E-state index in [4.69, 9.17) is 9.84 Å². The van der Waals surface area contributed by atoms with E-state index in [0.29, 0.717) is 19.6 Å². The van der Waals surface area contributed by atoms with Gasteiger partial charge < -0.3 is 20.5 Å². The van der Waals surface area contributed by atoms with Crippen molar-refractivity contribution >= 4 is 12.0 Å². The quantitative estimate of drug-likeness (QED) is 0.612. The second-order valence-corrected chi connectivity index (χ2v) is 4.70. The Morgan fingerprint density at radius 2 is 1.83 bits per heavy atom. The fourth-order valence-electron chi connectivity index (χ4n) is 1.45. The van der Waals surface area contributed by atoms with Crippen molar-refractivity contribution < 1.29 is 19.4 Å². The predicted octanol–water partition coefficient (Wildman–Crippen LogP) is 1.21. The monoisotopic (exact) mass is 260 g/mol. The molecule has 0 saturated carbocycles. The number of carboxylic acid groups (broad SMARTS) is 1. The van der Waals surface area contributed by atoms with Crippen LogP contribution in [0.5, 0.6) is 0 Å². The van der Waals surface area contributed by atoms with E-state index in [1.807, 2.05) is 20.8 Å². The van der Waals surface area contributed by atoms with Crippen molar-refractivity contribution in [3.63, 3.8) is 0 Å². The largest absolute Gasteiger partial charge is 0.480 e. The average molecular weight is 260 g/mol. The van der Waals surface area contributed by atoms with E-state index in [1.165, 1.54) is 0 Å². The maximum Gasteiger partial charge on any atom is 0.326 e. The van der Waals surface area contributed by atoms with E-state index < -0.39 is 18.0 Å². The van der Waals surface area contributed by atoms with Crippen LogP contribution in [0.4, 0.5) is 4.79 Å². The molecule has 0 spiro atoms. The minimum Gasteiger partial charge on any atom is -0.480 e. The van der Waals surface area contributed by atoms with Crippen LogP contribution in [0.15, 0.2) is 0 Å². The Bertz CT molecular complexity index is 269. The van der Waals surface area contributed by atoms with Crippen LogP contribution in [-0.2, 0) is 9.53 Å². The van der Waals surface area contributed by atoms with Gasteiger partial charge in [-0.05, 0) is 26.2 Å². The summed E-state index contributed by atoms with van der Waals surface area (Å²) in [5.74, 6) is -0.816. The second kappa shape index (κ2) is 8.74. The van der Waals surface area contributed by atoms with Crippen molar-refractivity contribution in [3.8, 4) is 0 Å². The lowest BCUT2D eigenvalue weighted by atomic mass is 10.0. The van der Waals surface area contributed by atoms with Crippen LogP contribution in [0.25, 0.3) is 0 Å². The van der Waals surface area contributed by atoms with Gasteiger partial charge in [-0.3, -0.25) is 0 Å². The van der Waals surface area contributed by atoms with Gasteiger partial charge in [-0.25, -0.2) is 9.59 Å². The lowest BCUT2D eigenvalue weighted by molar-refractivity contribution is -0.139. The van der Waals surface area contributed by atoms with Gasteiger partial charge in [-0.15, -0.1) is 0 Å². The Kier molecular flexibility index (Phi) is 8.11. The number of nitrogens with one attached hydrogen (secondary N) is 2. The zero-order chi connectivity index (χ0) is 14.1. The fraction of sp³-hybridized carbons (Fsp3) is 0.833. The minimum atomic E-state index is -1.02. The number of carboxylic acids is 1. The summed E-state index contributed by atoms with van der Waals surface area (Å²) < 4.78 is 5.15. The number of urea groups is 1. The molecule has 2 unspecified atom stereocenters. The molecule has 6 heteroatoms. The van der Waals surface area contributed by atoms with Crippen LogP contribution in [-0.4, -0.2) is 42.4 Å². The van der Waals surface area contributed by atoms with Gasteiger partial charge in [0.05, 0.1) is 12.6 Å². The molecule has 0 rings (SSSR count). The number of ether oxygens (including phenoxy) is 1. The molecule has 0 bridgehead atoms. The molecule has 0 aliphatic carbocycles. The van der Waals surface area contributed by atoms with Gasteiger partial charge in [0, 0.05) is 6.61 Å². The summed E-state index contributed by atoms with van der Waals surface area (Å²) in [5, 5.41) is 14.1. The number of rotatable bonds is 8. The van der Waals surface area contributed by atoms with Crippen molar-refractivity contribution in [2.45, 2.75) is 46.2 Å². The highest BCUT2D eigenvalue weighted by molar-refractivity contribution is 5.82. The number of hydrogen-bond donors (Lipinski definition) is 3. The first-order chi connectivity index (χ1) is 8.36. The number of aliphatic carboxylic acids is 1. The van der Waals surface area contributed by atoms with E-state index >= 15 is 0 Å². The number of hydrogen-bond acceptors (Lipinski definition) is 3. The van der Waals surface area contributed by atoms with Gasteiger partial charge in [0.25, 0.3) is 0 Å². The molecular formula is C12H24N2O4. The number of amides is 2. The lowest BCUT2D eigenvalue weighted by Gasteiger charge is -2.19. The lowest BCUT2D eigenvalue weighted by Crippen LogP contribution is -2.49. The minimum absolute atomic E-state index is 0.154. The first kappa shape index (κ1) is 16.7.